The average Bonchev–Trinajstić information content (AvgIpc) is 2.46. The predicted molar refractivity (Wildman–Crippen MR) is 98.8 cm³/mol. The van der Waals surface area contributed by atoms with Crippen molar-refractivity contribution in [2.24, 2.45) is 10.7 Å². The Morgan fingerprint density at radius 3 is 2.67 bits per heavy atom. The minimum Gasteiger partial charge on any atom is -0.378 e. The van der Waals surface area contributed by atoms with Gasteiger partial charge in [0.15, 0.2) is 5.96 Å². The normalized spacial score (nSPS) is 16.5. The molecule has 0 radical (unpaired) electrons. The Balaban J connectivity index is 0.00000220. The van der Waals surface area contributed by atoms with Gasteiger partial charge in [0.05, 0.1) is 19.8 Å². The number of hydrogen-bond acceptors (Lipinski definition) is 2. The summed E-state index contributed by atoms with van der Waals surface area (Å²) in [4.78, 5) is 6.61. The molecule has 4 nitrogen and oxygen atoms in total. The van der Waals surface area contributed by atoms with Crippen LogP contribution in [0.4, 0.5) is 0 Å². The second kappa shape index (κ2) is 8.19. The van der Waals surface area contributed by atoms with Gasteiger partial charge in [0.1, 0.15) is 0 Å². The van der Waals surface area contributed by atoms with Gasteiger partial charge in [-0.05, 0) is 17.7 Å². The SMILES string of the molecule is CC(C)(CN=C(N)N1CCOCC1)c1cccc(Cl)c1.I. The quantitative estimate of drug-likeness (QED) is 0.462. The number of nitrogens with zero attached hydrogens (tertiary/aromatic N) is 2. The number of ether oxygens (including phenoxy) is 1. The number of aliphatic imine (C=N–C) groups is 1. The summed E-state index contributed by atoms with van der Waals surface area (Å²) in [6, 6.07) is 7.91. The summed E-state index contributed by atoms with van der Waals surface area (Å²) in [6.07, 6.45) is 0. The molecule has 0 aliphatic carbocycles. The van der Waals surface area contributed by atoms with Crippen LogP contribution in [0.5, 0.6) is 0 Å². The predicted octanol–water partition coefficient (Wildman–Crippen LogP) is 2.88. The van der Waals surface area contributed by atoms with Crippen LogP contribution in [0.1, 0.15) is 19.4 Å². The lowest BCUT2D eigenvalue weighted by Gasteiger charge is -2.29. The van der Waals surface area contributed by atoms with E-state index in [2.05, 4.69) is 29.8 Å². The molecule has 1 fully saturated rings. The summed E-state index contributed by atoms with van der Waals surface area (Å²) in [6.45, 7) is 7.99. The van der Waals surface area contributed by atoms with E-state index in [0.717, 1.165) is 18.1 Å². The fourth-order valence-electron chi connectivity index (χ4n) is 2.17. The third kappa shape index (κ3) is 5.30. The summed E-state index contributed by atoms with van der Waals surface area (Å²) >= 11 is 6.05. The van der Waals surface area contributed by atoms with Crippen LogP contribution in [0.25, 0.3) is 0 Å². The minimum atomic E-state index is -0.0954. The standard InChI is InChI=1S/C15H22ClN3O.HI/c1-15(2,12-4-3-5-13(16)10-12)11-18-14(17)19-6-8-20-9-7-19;/h3-5,10H,6-9,11H2,1-2H3,(H2,17,18);1H. The van der Waals surface area contributed by atoms with Crippen LogP contribution in [0.2, 0.25) is 5.02 Å². The number of rotatable bonds is 3. The summed E-state index contributed by atoms with van der Waals surface area (Å²) in [5.41, 5.74) is 7.13. The maximum absolute atomic E-state index is 6.06. The fraction of sp³-hybridized carbons (Fsp3) is 0.533. The Labute approximate surface area is 148 Å². The molecule has 1 heterocycles. The maximum atomic E-state index is 6.06. The van der Waals surface area contributed by atoms with Gasteiger partial charge in [-0.3, -0.25) is 4.99 Å². The van der Waals surface area contributed by atoms with Crippen molar-refractivity contribution in [1.82, 2.24) is 4.90 Å². The second-order valence-corrected chi connectivity index (χ2v) is 6.10. The first-order valence-electron chi connectivity index (χ1n) is 6.88. The smallest absolute Gasteiger partial charge is 0.191 e. The Kier molecular flexibility index (Phi) is 7.23. The lowest BCUT2D eigenvalue weighted by Crippen LogP contribution is -2.45. The Morgan fingerprint density at radius 2 is 2.05 bits per heavy atom. The molecule has 1 aromatic rings. The number of hydrogen-bond donors (Lipinski definition) is 1. The molecule has 0 amide bonds. The molecule has 0 atom stereocenters. The van der Waals surface area contributed by atoms with E-state index in [4.69, 9.17) is 22.1 Å². The van der Waals surface area contributed by atoms with Crippen molar-refractivity contribution in [2.75, 3.05) is 32.8 Å². The topological polar surface area (TPSA) is 50.8 Å². The zero-order valence-corrected chi connectivity index (χ0v) is 15.6. The highest BCUT2D eigenvalue weighted by atomic mass is 127. The fourth-order valence-corrected chi connectivity index (χ4v) is 2.36. The molecule has 2 N–H and O–H groups in total. The van der Waals surface area contributed by atoms with Crippen LogP contribution in [0, 0.1) is 0 Å². The van der Waals surface area contributed by atoms with Gasteiger partial charge in [0.25, 0.3) is 0 Å². The van der Waals surface area contributed by atoms with Crippen LogP contribution in [-0.4, -0.2) is 43.7 Å². The summed E-state index contributed by atoms with van der Waals surface area (Å²) in [7, 11) is 0. The number of benzene rings is 1. The van der Waals surface area contributed by atoms with Crippen LogP contribution >= 0.6 is 35.6 Å². The molecule has 1 aromatic carbocycles. The first-order valence-corrected chi connectivity index (χ1v) is 7.25. The monoisotopic (exact) mass is 423 g/mol. The van der Waals surface area contributed by atoms with E-state index in [0.29, 0.717) is 25.7 Å². The van der Waals surface area contributed by atoms with Gasteiger partial charge in [0.2, 0.25) is 0 Å². The van der Waals surface area contributed by atoms with Gasteiger partial charge in [-0.1, -0.05) is 37.6 Å². The molecule has 1 saturated heterocycles. The molecule has 0 unspecified atom stereocenters. The van der Waals surface area contributed by atoms with Gasteiger partial charge >= 0.3 is 0 Å². The largest absolute Gasteiger partial charge is 0.378 e. The second-order valence-electron chi connectivity index (χ2n) is 5.67. The molecule has 118 valence electrons. The number of halogens is 2. The van der Waals surface area contributed by atoms with Gasteiger partial charge in [0, 0.05) is 23.5 Å². The van der Waals surface area contributed by atoms with Crippen molar-refractivity contribution in [3.63, 3.8) is 0 Å². The zero-order valence-electron chi connectivity index (χ0n) is 12.5. The van der Waals surface area contributed by atoms with E-state index in [9.17, 15) is 0 Å². The van der Waals surface area contributed by atoms with Crippen LogP contribution in [0.3, 0.4) is 0 Å². The Morgan fingerprint density at radius 1 is 1.38 bits per heavy atom. The zero-order chi connectivity index (χ0) is 14.6. The summed E-state index contributed by atoms with van der Waals surface area (Å²) < 4.78 is 5.31. The number of guanidine groups is 1. The Hall–Kier alpha value is -0.530. The average molecular weight is 424 g/mol. The minimum absolute atomic E-state index is 0. The number of nitrogens with two attached hydrogens (primary N) is 1. The van der Waals surface area contributed by atoms with Crippen molar-refractivity contribution in [3.8, 4) is 0 Å². The lowest BCUT2D eigenvalue weighted by molar-refractivity contribution is 0.0674. The van der Waals surface area contributed by atoms with Crippen LogP contribution in [-0.2, 0) is 10.2 Å². The van der Waals surface area contributed by atoms with Gasteiger partial charge in [-0.25, -0.2) is 0 Å². The highest BCUT2D eigenvalue weighted by molar-refractivity contribution is 14.0. The molecular formula is C15H23ClIN3O. The highest BCUT2D eigenvalue weighted by Crippen LogP contribution is 2.25. The first kappa shape index (κ1) is 18.5. The molecule has 0 saturated carbocycles. The van der Waals surface area contributed by atoms with Gasteiger partial charge in [-0.2, -0.15) is 0 Å². The van der Waals surface area contributed by atoms with E-state index >= 15 is 0 Å². The highest BCUT2D eigenvalue weighted by Gasteiger charge is 2.21. The van der Waals surface area contributed by atoms with E-state index < -0.39 is 0 Å². The molecule has 0 aromatic heterocycles. The van der Waals surface area contributed by atoms with Crippen molar-refractivity contribution >= 4 is 41.5 Å². The molecule has 2 rings (SSSR count). The van der Waals surface area contributed by atoms with Crippen LogP contribution < -0.4 is 5.73 Å². The third-order valence-corrected chi connectivity index (χ3v) is 3.81. The third-order valence-electron chi connectivity index (χ3n) is 3.58. The van der Waals surface area contributed by atoms with Crippen molar-refractivity contribution in [3.05, 3.63) is 34.9 Å². The molecular weight excluding hydrogens is 401 g/mol. The van der Waals surface area contributed by atoms with Crippen molar-refractivity contribution in [2.45, 2.75) is 19.3 Å². The summed E-state index contributed by atoms with van der Waals surface area (Å²) in [5.74, 6) is 0.600. The molecule has 21 heavy (non-hydrogen) atoms. The molecule has 1 aliphatic rings. The maximum Gasteiger partial charge on any atom is 0.191 e. The summed E-state index contributed by atoms with van der Waals surface area (Å²) in [5, 5.41) is 0.751. The molecule has 0 bridgehead atoms. The molecule has 1 aliphatic heterocycles. The van der Waals surface area contributed by atoms with Crippen molar-refractivity contribution < 1.29 is 4.74 Å². The van der Waals surface area contributed by atoms with E-state index in [1.807, 2.05) is 18.2 Å². The van der Waals surface area contributed by atoms with Crippen molar-refractivity contribution in [1.29, 1.82) is 0 Å². The number of morpholine rings is 1. The molecule has 6 heteroatoms. The van der Waals surface area contributed by atoms with Crippen LogP contribution in [0.15, 0.2) is 29.3 Å². The Bertz CT molecular complexity index is 488. The van der Waals surface area contributed by atoms with Gasteiger partial charge in [-0.15, -0.1) is 24.0 Å². The van der Waals surface area contributed by atoms with E-state index in [1.165, 1.54) is 5.56 Å². The first-order chi connectivity index (χ1) is 9.49. The van der Waals surface area contributed by atoms with E-state index in [-0.39, 0.29) is 29.4 Å². The van der Waals surface area contributed by atoms with Gasteiger partial charge < -0.3 is 15.4 Å². The molecule has 0 spiro atoms. The lowest BCUT2D eigenvalue weighted by atomic mass is 9.85. The van der Waals surface area contributed by atoms with E-state index in [1.54, 1.807) is 0 Å².